The van der Waals surface area contributed by atoms with Crippen molar-refractivity contribution in [2.24, 2.45) is 10.8 Å². The monoisotopic (exact) mass is 207 g/mol. The van der Waals surface area contributed by atoms with Crippen molar-refractivity contribution in [3.63, 3.8) is 0 Å². The van der Waals surface area contributed by atoms with Gasteiger partial charge in [0.25, 0.3) is 0 Å². The van der Waals surface area contributed by atoms with Crippen molar-refractivity contribution in [2.45, 2.75) is 13.3 Å². The molecular formula is C11H17N3O. The number of hydrazine groups is 1. The Morgan fingerprint density at radius 1 is 1.53 bits per heavy atom. The van der Waals surface area contributed by atoms with Crippen LogP contribution in [0.25, 0.3) is 0 Å². The van der Waals surface area contributed by atoms with Gasteiger partial charge >= 0.3 is 0 Å². The molecule has 1 aromatic carbocycles. The summed E-state index contributed by atoms with van der Waals surface area (Å²) in [5, 5.41) is 0. The normalized spacial score (nSPS) is 11.3. The lowest BCUT2D eigenvalue weighted by Crippen LogP contribution is -2.31. The van der Waals surface area contributed by atoms with Crippen LogP contribution in [0.4, 0.5) is 0 Å². The lowest BCUT2D eigenvalue weighted by molar-refractivity contribution is 0.414. The Morgan fingerprint density at radius 3 is 2.93 bits per heavy atom. The van der Waals surface area contributed by atoms with Crippen LogP contribution in [-0.4, -0.2) is 19.5 Å². The molecule has 0 unspecified atom stereocenters. The number of aliphatic imine (C=N–C) groups is 1. The third kappa shape index (κ3) is 3.25. The number of amidine groups is 1. The second kappa shape index (κ2) is 6.03. The minimum absolute atomic E-state index is 0.691. The summed E-state index contributed by atoms with van der Waals surface area (Å²) in [6.45, 7) is 2.83. The Bertz CT molecular complexity index is 336. The molecule has 0 aliphatic carbocycles. The van der Waals surface area contributed by atoms with Gasteiger partial charge in [-0.3, -0.25) is 4.99 Å². The summed E-state index contributed by atoms with van der Waals surface area (Å²) < 4.78 is 5.13. The average Bonchev–Trinajstić information content (AvgIpc) is 2.30. The van der Waals surface area contributed by atoms with E-state index in [4.69, 9.17) is 10.6 Å². The molecule has 0 fully saturated rings. The molecule has 0 amide bonds. The van der Waals surface area contributed by atoms with Crippen molar-refractivity contribution in [1.82, 2.24) is 5.43 Å². The highest BCUT2D eigenvalue weighted by molar-refractivity contribution is 5.98. The standard InChI is InChI=1S/C11H17N3O/c1-3-7-13-11(14-12)9-5-4-6-10(8-9)15-2/h4-6,8H,3,7,12H2,1-2H3,(H,13,14). The van der Waals surface area contributed by atoms with E-state index in [9.17, 15) is 0 Å². The number of hydrogen-bond acceptors (Lipinski definition) is 3. The molecule has 0 aliphatic heterocycles. The molecule has 0 spiro atoms. The second-order valence-electron chi connectivity index (χ2n) is 3.11. The third-order valence-electron chi connectivity index (χ3n) is 1.97. The van der Waals surface area contributed by atoms with Crippen molar-refractivity contribution < 1.29 is 4.74 Å². The van der Waals surface area contributed by atoms with Crippen LogP contribution in [0.5, 0.6) is 5.75 Å². The predicted molar refractivity (Wildman–Crippen MR) is 62.0 cm³/mol. The molecule has 15 heavy (non-hydrogen) atoms. The van der Waals surface area contributed by atoms with Gasteiger partial charge in [-0.2, -0.15) is 0 Å². The number of nitrogens with two attached hydrogens (primary N) is 1. The first-order valence-electron chi connectivity index (χ1n) is 4.97. The van der Waals surface area contributed by atoms with Crippen LogP contribution in [0.1, 0.15) is 18.9 Å². The minimum atomic E-state index is 0.691. The van der Waals surface area contributed by atoms with E-state index in [1.54, 1.807) is 7.11 Å². The Morgan fingerprint density at radius 2 is 2.33 bits per heavy atom. The van der Waals surface area contributed by atoms with E-state index in [-0.39, 0.29) is 0 Å². The Hall–Kier alpha value is -1.55. The molecule has 0 bridgehead atoms. The van der Waals surface area contributed by atoms with Gasteiger partial charge in [0.1, 0.15) is 11.6 Å². The molecule has 0 aromatic heterocycles. The SMILES string of the molecule is CCCN=C(NN)c1cccc(OC)c1. The summed E-state index contributed by atoms with van der Waals surface area (Å²) in [5.41, 5.74) is 3.53. The molecule has 3 N–H and O–H groups in total. The zero-order chi connectivity index (χ0) is 11.1. The van der Waals surface area contributed by atoms with E-state index in [0.29, 0.717) is 5.84 Å². The lowest BCUT2D eigenvalue weighted by Gasteiger charge is -2.07. The summed E-state index contributed by atoms with van der Waals surface area (Å²) >= 11 is 0. The molecule has 1 aromatic rings. The zero-order valence-corrected chi connectivity index (χ0v) is 9.16. The third-order valence-corrected chi connectivity index (χ3v) is 1.97. The fraction of sp³-hybridized carbons (Fsp3) is 0.364. The smallest absolute Gasteiger partial charge is 0.142 e. The zero-order valence-electron chi connectivity index (χ0n) is 9.16. The van der Waals surface area contributed by atoms with Crippen molar-refractivity contribution >= 4 is 5.84 Å². The van der Waals surface area contributed by atoms with Crippen LogP contribution in [-0.2, 0) is 0 Å². The van der Waals surface area contributed by atoms with E-state index >= 15 is 0 Å². The maximum Gasteiger partial charge on any atom is 0.142 e. The van der Waals surface area contributed by atoms with Crippen molar-refractivity contribution in [3.8, 4) is 5.75 Å². The van der Waals surface area contributed by atoms with Crippen LogP contribution in [0.2, 0.25) is 0 Å². The second-order valence-corrected chi connectivity index (χ2v) is 3.11. The molecule has 1 rings (SSSR count). The molecule has 82 valence electrons. The first kappa shape index (κ1) is 11.5. The van der Waals surface area contributed by atoms with Crippen molar-refractivity contribution in [3.05, 3.63) is 29.8 Å². The number of hydrogen-bond donors (Lipinski definition) is 2. The lowest BCUT2D eigenvalue weighted by atomic mass is 10.2. The number of benzene rings is 1. The van der Waals surface area contributed by atoms with Crippen molar-refractivity contribution in [2.75, 3.05) is 13.7 Å². The molecule has 4 nitrogen and oxygen atoms in total. The van der Waals surface area contributed by atoms with Crippen LogP contribution < -0.4 is 16.0 Å². The molecule has 0 aliphatic rings. The Kier molecular flexibility index (Phi) is 4.63. The number of rotatable bonds is 4. The first-order valence-corrected chi connectivity index (χ1v) is 4.97. The van der Waals surface area contributed by atoms with Crippen LogP contribution >= 0.6 is 0 Å². The van der Waals surface area contributed by atoms with Crippen LogP contribution in [0.15, 0.2) is 29.3 Å². The van der Waals surface area contributed by atoms with Gasteiger partial charge in [0.15, 0.2) is 0 Å². The van der Waals surface area contributed by atoms with Crippen LogP contribution in [0, 0.1) is 0 Å². The molecule has 0 heterocycles. The minimum Gasteiger partial charge on any atom is -0.497 e. The molecule has 0 saturated heterocycles. The van der Waals surface area contributed by atoms with E-state index in [1.807, 2.05) is 24.3 Å². The number of methoxy groups -OCH3 is 1. The van der Waals surface area contributed by atoms with E-state index in [0.717, 1.165) is 24.3 Å². The maximum atomic E-state index is 5.42. The highest BCUT2D eigenvalue weighted by atomic mass is 16.5. The van der Waals surface area contributed by atoms with Gasteiger partial charge in [0.05, 0.1) is 7.11 Å². The van der Waals surface area contributed by atoms with Gasteiger partial charge in [-0.05, 0) is 18.6 Å². The molecular weight excluding hydrogens is 190 g/mol. The number of ether oxygens (including phenoxy) is 1. The summed E-state index contributed by atoms with van der Waals surface area (Å²) in [5.74, 6) is 6.90. The Labute approximate surface area is 90.1 Å². The van der Waals surface area contributed by atoms with Gasteiger partial charge in [-0.25, -0.2) is 5.84 Å². The predicted octanol–water partition coefficient (Wildman–Crippen LogP) is 1.32. The number of nitrogens with one attached hydrogen (secondary N) is 1. The first-order chi connectivity index (χ1) is 7.31. The van der Waals surface area contributed by atoms with Gasteiger partial charge < -0.3 is 10.2 Å². The molecule has 0 radical (unpaired) electrons. The highest BCUT2D eigenvalue weighted by Crippen LogP contribution is 2.12. The van der Waals surface area contributed by atoms with Gasteiger partial charge in [-0.1, -0.05) is 19.1 Å². The summed E-state index contributed by atoms with van der Waals surface area (Å²) in [4.78, 5) is 4.33. The van der Waals surface area contributed by atoms with Gasteiger partial charge in [0.2, 0.25) is 0 Å². The largest absolute Gasteiger partial charge is 0.497 e. The fourth-order valence-electron chi connectivity index (χ4n) is 1.21. The van der Waals surface area contributed by atoms with E-state index in [1.165, 1.54) is 0 Å². The van der Waals surface area contributed by atoms with Gasteiger partial charge in [0, 0.05) is 12.1 Å². The summed E-state index contributed by atoms with van der Waals surface area (Å²) in [6.07, 6.45) is 0.995. The van der Waals surface area contributed by atoms with Crippen molar-refractivity contribution in [1.29, 1.82) is 0 Å². The van der Waals surface area contributed by atoms with Gasteiger partial charge in [-0.15, -0.1) is 0 Å². The summed E-state index contributed by atoms with van der Waals surface area (Å²) in [6, 6.07) is 7.63. The summed E-state index contributed by atoms with van der Waals surface area (Å²) in [7, 11) is 1.64. The maximum absolute atomic E-state index is 5.42. The Balaban J connectivity index is 2.91. The molecule has 4 heteroatoms. The fourth-order valence-corrected chi connectivity index (χ4v) is 1.21. The van der Waals surface area contributed by atoms with E-state index in [2.05, 4.69) is 17.3 Å². The number of nitrogens with zero attached hydrogens (tertiary/aromatic N) is 1. The topological polar surface area (TPSA) is 59.6 Å². The van der Waals surface area contributed by atoms with Crippen LogP contribution in [0.3, 0.4) is 0 Å². The van der Waals surface area contributed by atoms with E-state index < -0.39 is 0 Å². The average molecular weight is 207 g/mol. The molecule has 0 saturated carbocycles. The quantitative estimate of drug-likeness (QED) is 0.339. The highest BCUT2D eigenvalue weighted by Gasteiger charge is 2.01. The molecule has 0 atom stereocenters.